The lowest BCUT2D eigenvalue weighted by molar-refractivity contribution is 0.0613. The Labute approximate surface area is 191 Å². The molecule has 1 saturated heterocycles. The Morgan fingerprint density at radius 3 is 2.76 bits per heavy atom. The van der Waals surface area contributed by atoms with E-state index >= 15 is 0 Å². The number of likely N-dealkylation sites (tertiary alicyclic amines) is 1. The average molecular weight is 444 g/mol. The molecule has 0 atom stereocenters. The van der Waals surface area contributed by atoms with E-state index in [1.54, 1.807) is 25.7 Å². The third-order valence-corrected chi connectivity index (χ3v) is 6.48. The molecule has 1 amide bonds. The molecule has 4 heterocycles. The molecule has 168 valence electrons. The summed E-state index contributed by atoms with van der Waals surface area (Å²) in [7, 11) is 1.69. The second kappa shape index (κ2) is 9.07. The number of nitrogens with zero attached hydrogens (tertiary/aromatic N) is 5. The largest absolute Gasteiger partial charge is 0.385 e. The molecular formula is C25H25N5O3. The van der Waals surface area contributed by atoms with Crippen molar-refractivity contribution in [1.82, 2.24) is 25.0 Å². The molecule has 0 radical (unpaired) electrons. The van der Waals surface area contributed by atoms with Crippen molar-refractivity contribution in [1.29, 1.82) is 0 Å². The summed E-state index contributed by atoms with van der Waals surface area (Å²) in [6.45, 7) is 1.75. The lowest BCUT2D eigenvalue weighted by atomic mass is 9.75. The maximum atomic E-state index is 13.3. The Hall–Kier alpha value is -3.65. The molecule has 8 heteroatoms. The van der Waals surface area contributed by atoms with Gasteiger partial charge in [-0.1, -0.05) is 29.4 Å². The van der Waals surface area contributed by atoms with Crippen LogP contribution in [0.3, 0.4) is 0 Å². The van der Waals surface area contributed by atoms with Gasteiger partial charge < -0.3 is 14.2 Å². The second-order valence-electron chi connectivity index (χ2n) is 8.36. The predicted molar refractivity (Wildman–Crippen MR) is 123 cm³/mol. The van der Waals surface area contributed by atoms with E-state index in [0.717, 1.165) is 35.6 Å². The second-order valence-corrected chi connectivity index (χ2v) is 8.36. The number of aromatic nitrogens is 4. The van der Waals surface area contributed by atoms with Crippen LogP contribution in [0, 0.1) is 0 Å². The van der Waals surface area contributed by atoms with Crippen LogP contribution in [0.2, 0.25) is 0 Å². The Morgan fingerprint density at radius 2 is 1.97 bits per heavy atom. The molecule has 1 aliphatic rings. The van der Waals surface area contributed by atoms with Gasteiger partial charge >= 0.3 is 0 Å². The number of ether oxygens (including phenoxy) is 1. The number of benzene rings is 1. The standard InChI is InChI=1S/C25H25N5O3/c1-32-16-11-25(24-28-22(33-29-24)19-6-4-12-26-17-19)9-14-30(15-10-25)23(31)21-20-7-3-2-5-18(20)8-13-27-21/h2-8,12-13,17H,9-11,14-16H2,1H3. The molecule has 0 aliphatic carbocycles. The van der Waals surface area contributed by atoms with Crippen molar-refractivity contribution in [3.05, 3.63) is 72.6 Å². The fourth-order valence-corrected chi connectivity index (χ4v) is 4.51. The number of piperidine rings is 1. The quantitative estimate of drug-likeness (QED) is 0.446. The normalized spacial score (nSPS) is 15.6. The van der Waals surface area contributed by atoms with Gasteiger partial charge in [0.1, 0.15) is 5.69 Å². The maximum absolute atomic E-state index is 13.3. The van der Waals surface area contributed by atoms with Crippen LogP contribution in [0.25, 0.3) is 22.2 Å². The van der Waals surface area contributed by atoms with Gasteiger partial charge in [0.05, 0.1) is 5.56 Å². The van der Waals surface area contributed by atoms with Crippen molar-refractivity contribution in [2.24, 2.45) is 0 Å². The third kappa shape index (κ3) is 4.09. The van der Waals surface area contributed by atoms with Crippen molar-refractivity contribution < 1.29 is 14.1 Å². The first-order valence-corrected chi connectivity index (χ1v) is 11.1. The lowest BCUT2D eigenvalue weighted by Crippen LogP contribution is -2.46. The summed E-state index contributed by atoms with van der Waals surface area (Å²) < 4.78 is 11.0. The topological polar surface area (TPSA) is 94.2 Å². The zero-order chi connectivity index (χ0) is 22.7. The van der Waals surface area contributed by atoms with E-state index in [9.17, 15) is 4.79 Å². The molecule has 0 saturated carbocycles. The highest BCUT2D eigenvalue weighted by Gasteiger charge is 2.41. The zero-order valence-electron chi connectivity index (χ0n) is 18.5. The highest BCUT2D eigenvalue weighted by atomic mass is 16.5. The summed E-state index contributed by atoms with van der Waals surface area (Å²) >= 11 is 0. The van der Waals surface area contributed by atoms with E-state index in [2.05, 4.69) is 15.1 Å². The molecule has 1 fully saturated rings. The van der Waals surface area contributed by atoms with Gasteiger partial charge in [-0.3, -0.25) is 14.8 Å². The summed E-state index contributed by atoms with van der Waals surface area (Å²) in [5, 5.41) is 6.21. The first-order valence-electron chi connectivity index (χ1n) is 11.1. The van der Waals surface area contributed by atoms with Crippen LogP contribution in [0.5, 0.6) is 0 Å². The van der Waals surface area contributed by atoms with Crippen molar-refractivity contribution in [2.45, 2.75) is 24.7 Å². The summed E-state index contributed by atoms with van der Waals surface area (Å²) in [6, 6.07) is 13.5. The van der Waals surface area contributed by atoms with Gasteiger partial charge in [0.2, 0.25) is 0 Å². The van der Waals surface area contributed by atoms with Crippen LogP contribution in [0.4, 0.5) is 0 Å². The predicted octanol–water partition coefficient (Wildman–Crippen LogP) is 3.89. The highest BCUT2D eigenvalue weighted by Crippen LogP contribution is 2.38. The van der Waals surface area contributed by atoms with Gasteiger partial charge in [-0.2, -0.15) is 4.98 Å². The summed E-state index contributed by atoms with van der Waals surface area (Å²) in [5.41, 5.74) is 0.965. The number of carbonyl (C=O) groups is 1. The van der Waals surface area contributed by atoms with Gasteiger partial charge in [-0.15, -0.1) is 0 Å². The van der Waals surface area contributed by atoms with Crippen LogP contribution in [-0.4, -0.2) is 57.7 Å². The maximum Gasteiger partial charge on any atom is 0.273 e. The molecule has 0 unspecified atom stereocenters. The van der Waals surface area contributed by atoms with Crippen molar-refractivity contribution >= 4 is 16.7 Å². The zero-order valence-corrected chi connectivity index (χ0v) is 18.5. The van der Waals surface area contributed by atoms with E-state index in [1.165, 1.54) is 0 Å². The van der Waals surface area contributed by atoms with E-state index in [1.807, 2.05) is 47.4 Å². The van der Waals surface area contributed by atoms with Crippen LogP contribution < -0.4 is 0 Å². The van der Waals surface area contributed by atoms with Crippen molar-refractivity contribution in [3.63, 3.8) is 0 Å². The van der Waals surface area contributed by atoms with Crippen LogP contribution in [0.15, 0.2) is 65.6 Å². The minimum absolute atomic E-state index is 0.0451. The molecule has 5 rings (SSSR count). The fraction of sp³-hybridized carbons (Fsp3) is 0.320. The fourth-order valence-electron chi connectivity index (χ4n) is 4.51. The molecule has 0 N–H and O–H groups in total. The van der Waals surface area contributed by atoms with E-state index in [-0.39, 0.29) is 11.3 Å². The first kappa shape index (κ1) is 21.2. The van der Waals surface area contributed by atoms with Gasteiger partial charge in [0, 0.05) is 56.2 Å². The number of hydrogen-bond donors (Lipinski definition) is 0. The first-order chi connectivity index (χ1) is 16.2. The Bertz CT molecular complexity index is 1240. The van der Waals surface area contributed by atoms with Crippen molar-refractivity contribution in [3.8, 4) is 11.5 Å². The number of carbonyl (C=O) groups excluding carboxylic acids is 1. The minimum Gasteiger partial charge on any atom is -0.385 e. The van der Waals surface area contributed by atoms with Crippen LogP contribution in [0.1, 0.15) is 35.6 Å². The number of pyridine rings is 2. The number of rotatable bonds is 6. The Morgan fingerprint density at radius 1 is 1.12 bits per heavy atom. The minimum atomic E-state index is -0.317. The van der Waals surface area contributed by atoms with E-state index in [0.29, 0.717) is 37.1 Å². The van der Waals surface area contributed by atoms with E-state index < -0.39 is 0 Å². The molecule has 8 nitrogen and oxygen atoms in total. The summed E-state index contributed by atoms with van der Waals surface area (Å²) in [5.74, 6) is 1.07. The number of amides is 1. The molecule has 33 heavy (non-hydrogen) atoms. The summed E-state index contributed by atoms with van der Waals surface area (Å²) in [4.78, 5) is 28.5. The van der Waals surface area contributed by atoms with Crippen LogP contribution >= 0.6 is 0 Å². The molecule has 1 aliphatic heterocycles. The van der Waals surface area contributed by atoms with Crippen molar-refractivity contribution in [2.75, 3.05) is 26.8 Å². The average Bonchev–Trinajstić information content (AvgIpc) is 3.39. The Kier molecular flexibility index (Phi) is 5.83. The SMILES string of the molecule is COCCC1(c2noc(-c3cccnc3)n2)CCN(C(=O)c2nccc3ccccc23)CC1. The monoisotopic (exact) mass is 443 g/mol. The lowest BCUT2D eigenvalue weighted by Gasteiger charge is -2.39. The molecule has 4 aromatic rings. The van der Waals surface area contributed by atoms with E-state index in [4.69, 9.17) is 14.2 Å². The number of hydrogen-bond acceptors (Lipinski definition) is 7. The smallest absolute Gasteiger partial charge is 0.273 e. The van der Waals surface area contributed by atoms with Crippen LogP contribution in [-0.2, 0) is 10.2 Å². The molecule has 0 spiro atoms. The number of fused-ring (bicyclic) bond motifs is 1. The van der Waals surface area contributed by atoms with Gasteiger partial charge in [-0.05, 0) is 42.8 Å². The third-order valence-electron chi connectivity index (χ3n) is 6.48. The summed E-state index contributed by atoms with van der Waals surface area (Å²) in [6.07, 6.45) is 7.31. The molecule has 3 aromatic heterocycles. The van der Waals surface area contributed by atoms with Gasteiger partial charge in [0.15, 0.2) is 5.82 Å². The Balaban J connectivity index is 1.38. The van der Waals surface area contributed by atoms with Gasteiger partial charge in [0.25, 0.3) is 11.8 Å². The van der Waals surface area contributed by atoms with Gasteiger partial charge in [-0.25, -0.2) is 0 Å². The molecule has 0 bridgehead atoms. The number of methoxy groups -OCH3 is 1. The molecule has 1 aromatic carbocycles. The molecular weight excluding hydrogens is 418 g/mol. The highest BCUT2D eigenvalue weighted by molar-refractivity contribution is 6.05.